The van der Waals surface area contributed by atoms with Gasteiger partial charge in [-0.25, -0.2) is 10.4 Å². The van der Waals surface area contributed by atoms with Gasteiger partial charge < -0.3 is 15.5 Å². The lowest BCUT2D eigenvalue weighted by molar-refractivity contribution is -0.137. The molecule has 0 aliphatic carbocycles. The monoisotopic (exact) mass is 418 g/mol. The second-order valence-electron chi connectivity index (χ2n) is 7.78. The minimum absolute atomic E-state index is 0.185. The zero-order valence-corrected chi connectivity index (χ0v) is 16.0. The van der Waals surface area contributed by atoms with E-state index in [0.29, 0.717) is 23.5 Å². The van der Waals surface area contributed by atoms with Crippen LogP contribution < -0.4 is 16.1 Å². The molecular formula is C20H21F3N6O. The van der Waals surface area contributed by atoms with E-state index in [9.17, 15) is 18.0 Å². The number of hydrogen-bond donors (Lipinski definition) is 3. The summed E-state index contributed by atoms with van der Waals surface area (Å²) in [6, 6.07) is 5.74. The topological polar surface area (TPSA) is 72.0 Å². The lowest BCUT2D eigenvalue weighted by atomic mass is 9.93. The summed E-state index contributed by atoms with van der Waals surface area (Å²) in [4.78, 5) is 19.8. The number of amides is 1. The van der Waals surface area contributed by atoms with Crippen LogP contribution in [0.3, 0.4) is 0 Å². The molecular weight excluding hydrogens is 397 g/mol. The first kappa shape index (κ1) is 19.1. The number of aliphatic imine (C=N–C) groups is 1. The van der Waals surface area contributed by atoms with Crippen molar-refractivity contribution in [1.29, 1.82) is 0 Å². The zero-order chi connectivity index (χ0) is 20.9. The molecule has 1 aromatic rings. The summed E-state index contributed by atoms with van der Waals surface area (Å²) in [6.45, 7) is 1.94. The Kier molecular flexibility index (Phi) is 4.55. The number of hydrogen-bond acceptors (Lipinski definition) is 6. The van der Waals surface area contributed by atoms with Crippen LogP contribution >= 0.6 is 0 Å². The standard InChI is InChI=1S/C20H21F3N6O/c21-20(22,23)15-3-1-2-4-16(15)26-19(30)14-10-25-29-8-7-17(27-18(14)29)28-11-12-5-6-13(28)9-24-12/h1-4,7-8,12-13,24-25H,5-6,9-11H2,(H,26,30). The Morgan fingerprint density at radius 3 is 2.77 bits per heavy atom. The van der Waals surface area contributed by atoms with E-state index in [-0.39, 0.29) is 12.2 Å². The van der Waals surface area contributed by atoms with Gasteiger partial charge in [-0.3, -0.25) is 9.80 Å². The third kappa shape index (κ3) is 3.35. The number of piperidine rings is 2. The van der Waals surface area contributed by atoms with Crippen molar-refractivity contribution in [3.05, 3.63) is 53.5 Å². The quantitative estimate of drug-likeness (QED) is 0.686. The van der Waals surface area contributed by atoms with E-state index in [4.69, 9.17) is 0 Å². The molecule has 0 spiro atoms. The van der Waals surface area contributed by atoms with Crippen LogP contribution in [0.4, 0.5) is 18.9 Å². The summed E-state index contributed by atoms with van der Waals surface area (Å²) in [6.07, 6.45) is 1.38. The van der Waals surface area contributed by atoms with Gasteiger partial charge in [0, 0.05) is 37.9 Å². The van der Waals surface area contributed by atoms with Gasteiger partial charge in [0.1, 0.15) is 5.84 Å². The van der Waals surface area contributed by atoms with E-state index in [0.717, 1.165) is 37.8 Å². The van der Waals surface area contributed by atoms with E-state index in [1.54, 1.807) is 11.2 Å². The van der Waals surface area contributed by atoms with Crippen molar-refractivity contribution in [2.24, 2.45) is 4.99 Å². The van der Waals surface area contributed by atoms with E-state index in [1.165, 1.54) is 18.2 Å². The zero-order valence-electron chi connectivity index (χ0n) is 16.0. The highest BCUT2D eigenvalue weighted by Gasteiger charge is 2.37. The van der Waals surface area contributed by atoms with Crippen LogP contribution in [0, 0.1) is 0 Å². The maximum atomic E-state index is 13.3. The van der Waals surface area contributed by atoms with Gasteiger partial charge in [0.2, 0.25) is 0 Å². The summed E-state index contributed by atoms with van der Waals surface area (Å²) in [5.74, 6) is 0.600. The Hall–Kier alpha value is -2.85. The number of para-hydroxylation sites is 1. The summed E-state index contributed by atoms with van der Waals surface area (Å²) in [5, 5.41) is 7.54. The van der Waals surface area contributed by atoms with Crippen molar-refractivity contribution in [3.8, 4) is 0 Å². The number of carbonyl (C=O) groups excluding carboxylic acids is 1. The van der Waals surface area contributed by atoms with Crippen molar-refractivity contribution in [2.75, 3.05) is 25.0 Å². The normalized spacial score (nSPS) is 25.5. The highest BCUT2D eigenvalue weighted by atomic mass is 19.4. The van der Waals surface area contributed by atoms with Gasteiger partial charge in [-0.1, -0.05) is 12.1 Å². The van der Waals surface area contributed by atoms with Crippen molar-refractivity contribution in [1.82, 2.24) is 20.7 Å². The van der Waals surface area contributed by atoms with Crippen LogP contribution in [-0.4, -0.2) is 53.4 Å². The Labute approximate surface area is 171 Å². The number of alkyl halides is 3. The fourth-order valence-corrected chi connectivity index (χ4v) is 4.36. The molecule has 6 rings (SSSR count). The molecule has 30 heavy (non-hydrogen) atoms. The molecule has 5 aliphatic heterocycles. The van der Waals surface area contributed by atoms with Gasteiger partial charge in [0.15, 0.2) is 5.82 Å². The van der Waals surface area contributed by atoms with E-state index in [2.05, 4.69) is 26.0 Å². The number of rotatable bonds is 2. The number of amidine groups is 1. The molecule has 1 aromatic carbocycles. The molecule has 0 radical (unpaired) electrons. The highest BCUT2D eigenvalue weighted by Crippen LogP contribution is 2.35. The number of fused-ring (bicyclic) bond motifs is 4. The number of halogens is 3. The van der Waals surface area contributed by atoms with E-state index < -0.39 is 17.6 Å². The Morgan fingerprint density at radius 2 is 2.07 bits per heavy atom. The van der Waals surface area contributed by atoms with Gasteiger partial charge in [0.05, 0.1) is 16.8 Å². The first-order chi connectivity index (χ1) is 14.4. The molecule has 0 aromatic heterocycles. The van der Waals surface area contributed by atoms with Crippen LogP contribution in [-0.2, 0) is 11.0 Å². The Bertz CT molecular complexity index is 962. The summed E-state index contributed by atoms with van der Waals surface area (Å²) in [5.41, 5.74) is 2.18. The van der Waals surface area contributed by atoms with Crippen LogP contribution in [0.2, 0.25) is 0 Å². The van der Waals surface area contributed by atoms with Gasteiger partial charge in [0.25, 0.3) is 5.91 Å². The number of nitrogens with one attached hydrogen (secondary N) is 3. The first-order valence-electron chi connectivity index (χ1n) is 9.90. The summed E-state index contributed by atoms with van der Waals surface area (Å²) >= 11 is 0. The second-order valence-corrected chi connectivity index (χ2v) is 7.78. The van der Waals surface area contributed by atoms with Crippen LogP contribution in [0.25, 0.3) is 0 Å². The van der Waals surface area contributed by atoms with E-state index in [1.807, 2.05) is 6.08 Å². The lowest BCUT2D eigenvalue weighted by Gasteiger charge is -2.47. The molecule has 5 heterocycles. The molecule has 3 N–H and O–H groups in total. The molecule has 2 bridgehead atoms. The van der Waals surface area contributed by atoms with Crippen LogP contribution in [0.5, 0.6) is 0 Å². The Morgan fingerprint density at radius 1 is 1.23 bits per heavy atom. The molecule has 2 atom stereocenters. The molecule has 5 aliphatic rings. The smallest absolute Gasteiger partial charge is 0.351 e. The van der Waals surface area contributed by atoms with Crippen molar-refractivity contribution in [2.45, 2.75) is 31.1 Å². The van der Waals surface area contributed by atoms with Crippen LogP contribution in [0.15, 0.2) is 52.9 Å². The molecule has 7 nitrogen and oxygen atoms in total. The molecule has 2 unspecified atom stereocenters. The minimum Gasteiger partial charge on any atom is -0.351 e. The summed E-state index contributed by atoms with van der Waals surface area (Å²) < 4.78 is 39.8. The van der Waals surface area contributed by atoms with Crippen molar-refractivity contribution in [3.63, 3.8) is 0 Å². The summed E-state index contributed by atoms with van der Waals surface area (Å²) in [7, 11) is 0. The fraction of sp³-hybridized carbons (Fsp3) is 0.400. The molecule has 10 heteroatoms. The Balaban J connectivity index is 1.42. The predicted octanol–water partition coefficient (Wildman–Crippen LogP) is 2.04. The molecule has 158 valence electrons. The third-order valence-corrected chi connectivity index (χ3v) is 5.91. The van der Waals surface area contributed by atoms with E-state index >= 15 is 0 Å². The fourth-order valence-electron chi connectivity index (χ4n) is 4.36. The number of nitrogens with zero attached hydrogens (tertiary/aromatic N) is 3. The highest BCUT2D eigenvalue weighted by molar-refractivity contribution is 6.06. The van der Waals surface area contributed by atoms with Gasteiger partial charge >= 0.3 is 6.18 Å². The van der Waals surface area contributed by atoms with Gasteiger partial charge in [-0.05, 0) is 31.1 Å². The van der Waals surface area contributed by atoms with Gasteiger partial charge in [-0.15, -0.1) is 0 Å². The first-order valence-corrected chi connectivity index (χ1v) is 9.90. The minimum atomic E-state index is -4.55. The average Bonchev–Trinajstić information content (AvgIpc) is 3.17. The van der Waals surface area contributed by atoms with Gasteiger partial charge in [-0.2, -0.15) is 13.2 Å². The lowest BCUT2D eigenvalue weighted by Crippen LogP contribution is -2.62. The number of hydrazine groups is 1. The second kappa shape index (κ2) is 7.13. The number of piperazine rings is 1. The average molecular weight is 418 g/mol. The molecule has 3 saturated heterocycles. The molecule has 0 saturated carbocycles. The van der Waals surface area contributed by atoms with Crippen LogP contribution in [0.1, 0.15) is 18.4 Å². The maximum absolute atomic E-state index is 13.3. The SMILES string of the molecule is O=C(Nc1ccccc1C(F)(F)F)C1=C2N=C(N3CC4CCC3CN4)C=CN2NC1. The largest absolute Gasteiger partial charge is 0.418 e. The predicted molar refractivity (Wildman–Crippen MR) is 105 cm³/mol. The number of anilines is 1. The molecule has 1 amide bonds. The van der Waals surface area contributed by atoms with Crippen molar-refractivity contribution < 1.29 is 18.0 Å². The number of benzene rings is 1. The number of carbonyl (C=O) groups is 1. The third-order valence-electron chi connectivity index (χ3n) is 5.91. The maximum Gasteiger partial charge on any atom is 0.418 e. The van der Waals surface area contributed by atoms with Crippen molar-refractivity contribution >= 4 is 17.4 Å². The molecule has 3 fully saturated rings.